The topological polar surface area (TPSA) is 66.6 Å². The van der Waals surface area contributed by atoms with E-state index >= 15 is 0 Å². The molecule has 120 valence electrons. The molecule has 1 rings (SSSR count). The van der Waals surface area contributed by atoms with Gasteiger partial charge in [0.25, 0.3) is 0 Å². The van der Waals surface area contributed by atoms with Crippen LogP contribution in [0, 0.1) is 6.92 Å². The number of nitrogens with two attached hydrogens (primary N) is 1. The van der Waals surface area contributed by atoms with Crippen LogP contribution < -0.4 is 5.73 Å². The van der Waals surface area contributed by atoms with Crippen LogP contribution in [0.25, 0.3) is 0 Å². The van der Waals surface area contributed by atoms with Gasteiger partial charge in [-0.15, -0.1) is 0 Å². The lowest BCUT2D eigenvalue weighted by Gasteiger charge is -2.24. The first-order chi connectivity index (χ1) is 9.70. The summed E-state index contributed by atoms with van der Waals surface area (Å²) in [5.41, 5.74) is 6.97. The standard InChI is InChI=1S/C14H24BrN3O2S/c1-5-6-18(8-7-17(3)4)21(19,20)14-10-12(15)9-13(16)11(14)2/h9-10H,5-8,16H2,1-4H3. The first-order valence-corrected chi connectivity index (χ1v) is 9.14. The van der Waals surface area contributed by atoms with E-state index in [0.29, 0.717) is 35.4 Å². The van der Waals surface area contributed by atoms with Gasteiger partial charge in [0.05, 0.1) is 4.90 Å². The fraction of sp³-hybridized carbons (Fsp3) is 0.571. The Hall–Kier alpha value is -0.630. The number of hydrogen-bond donors (Lipinski definition) is 1. The number of nitrogen functional groups attached to an aromatic ring is 1. The van der Waals surface area contributed by atoms with Gasteiger partial charge in [-0.25, -0.2) is 8.42 Å². The third-order valence-electron chi connectivity index (χ3n) is 3.25. The summed E-state index contributed by atoms with van der Waals surface area (Å²) in [4.78, 5) is 2.25. The maximum Gasteiger partial charge on any atom is 0.243 e. The summed E-state index contributed by atoms with van der Waals surface area (Å²) < 4.78 is 28.0. The van der Waals surface area contributed by atoms with Gasteiger partial charge in [-0.2, -0.15) is 4.31 Å². The van der Waals surface area contributed by atoms with Crippen molar-refractivity contribution < 1.29 is 8.42 Å². The van der Waals surface area contributed by atoms with Crippen molar-refractivity contribution >= 4 is 31.6 Å². The minimum absolute atomic E-state index is 0.279. The molecule has 0 radical (unpaired) electrons. The highest BCUT2D eigenvalue weighted by atomic mass is 79.9. The third-order valence-corrected chi connectivity index (χ3v) is 5.74. The molecule has 7 heteroatoms. The summed E-state index contributed by atoms with van der Waals surface area (Å²) in [5, 5.41) is 0. The van der Waals surface area contributed by atoms with E-state index in [9.17, 15) is 8.42 Å². The molecule has 0 atom stereocenters. The van der Waals surface area contributed by atoms with Gasteiger partial charge in [0.1, 0.15) is 0 Å². The summed E-state index contributed by atoms with van der Waals surface area (Å²) in [6, 6.07) is 3.34. The molecular formula is C14H24BrN3O2S. The predicted molar refractivity (Wildman–Crippen MR) is 90.9 cm³/mol. The van der Waals surface area contributed by atoms with Crippen LogP contribution in [0.15, 0.2) is 21.5 Å². The molecule has 0 unspecified atom stereocenters. The van der Waals surface area contributed by atoms with E-state index in [0.717, 1.165) is 6.42 Å². The Morgan fingerprint density at radius 3 is 2.33 bits per heavy atom. The molecule has 1 aromatic carbocycles. The van der Waals surface area contributed by atoms with Crippen LogP contribution in [-0.4, -0.2) is 51.4 Å². The Morgan fingerprint density at radius 2 is 1.81 bits per heavy atom. The van der Waals surface area contributed by atoms with E-state index in [-0.39, 0.29) is 4.90 Å². The van der Waals surface area contributed by atoms with Crippen LogP contribution in [0.5, 0.6) is 0 Å². The smallest absolute Gasteiger partial charge is 0.243 e. The highest BCUT2D eigenvalue weighted by Gasteiger charge is 2.26. The van der Waals surface area contributed by atoms with E-state index in [1.165, 1.54) is 4.31 Å². The summed E-state index contributed by atoms with van der Waals surface area (Å²) in [6.07, 6.45) is 0.773. The predicted octanol–water partition coefficient (Wildman–Crippen LogP) is 2.30. The number of halogens is 1. The van der Waals surface area contributed by atoms with Crippen molar-refractivity contribution in [1.82, 2.24) is 9.21 Å². The van der Waals surface area contributed by atoms with E-state index in [2.05, 4.69) is 15.9 Å². The molecule has 0 heterocycles. The second-order valence-electron chi connectivity index (χ2n) is 5.33. The normalized spacial score (nSPS) is 12.3. The molecule has 0 bridgehead atoms. The average molecular weight is 378 g/mol. The van der Waals surface area contributed by atoms with Gasteiger partial charge in [-0.3, -0.25) is 0 Å². The largest absolute Gasteiger partial charge is 0.398 e. The van der Waals surface area contributed by atoms with Crippen LogP contribution >= 0.6 is 15.9 Å². The molecule has 0 aliphatic carbocycles. The Kier molecular flexibility index (Phi) is 6.65. The van der Waals surface area contributed by atoms with E-state index in [4.69, 9.17) is 5.73 Å². The molecule has 0 aliphatic heterocycles. The minimum Gasteiger partial charge on any atom is -0.398 e. The highest BCUT2D eigenvalue weighted by molar-refractivity contribution is 9.10. The minimum atomic E-state index is -3.54. The van der Waals surface area contributed by atoms with E-state index in [1.807, 2.05) is 25.9 Å². The van der Waals surface area contributed by atoms with E-state index in [1.54, 1.807) is 19.1 Å². The van der Waals surface area contributed by atoms with Gasteiger partial charge in [-0.1, -0.05) is 22.9 Å². The summed E-state index contributed by atoms with van der Waals surface area (Å²) in [7, 11) is 0.321. The van der Waals surface area contributed by atoms with Crippen LogP contribution in [0.4, 0.5) is 5.69 Å². The summed E-state index contributed by atoms with van der Waals surface area (Å²) in [6.45, 7) is 5.36. The van der Waals surface area contributed by atoms with Crippen LogP contribution in [0.1, 0.15) is 18.9 Å². The van der Waals surface area contributed by atoms with Crippen molar-refractivity contribution in [2.45, 2.75) is 25.2 Å². The van der Waals surface area contributed by atoms with Crippen molar-refractivity contribution in [2.24, 2.45) is 0 Å². The highest BCUT2D eigenvalue weighted by Crippen LogP contribution is 2.28. The molecule has 0 aromatic heterocycles. The summed E-state index contributed by atoms with van der Waals surface area (Å²) >= 11 is 3.32. The molecule has 21 heavy (non-hydrogen) atoms. The molecular weight excluding hydrogens is 354 g/mol. The molecule has 0 aliphatic rings. The fourth-order valence-electron chi connectivity index (χ4n) is 1.99. The monoisotopic (exact) mass is 377 g/mol. The Labute approximate surface area is 136 Å². The van der Waals surface area contributed by atoms with Crippen molar-refractivity contribution in [3.63, 3.8) is 0 Å². The molecule has 0 spiro atoms. The van der Waals surface area contributed by atoms with Crippen molar-refractivity contribution in [3.8, 4) is 0 Å². The molecule has 2 N–H and O–H groups in total. The van der Waals surface area contributed by atoms with Gasteiger partial charge in [0.15, 0.2) is 0 Å². The van der Waals surface area contributed by atoms with E-state index < -0.39 is 10.0 Å². The molecule has 0 amide bonds. The number of sulfonamides is 1. The maximum absolute atomic E-state index is 12.9. The maximum atomic E-state index is 12.9. The molecule has 0 fully saturated rings. The lowest BCUT2D eigenvalue weighted by molar-refractivity contribution is 0.333. The molecule has 5 nitrogen and oxygen atoms in total. The zero-order valence-electron chi connectivity index (χ0n) is 13.1. The number of likely N-dealkylation sites (N-methyl/N-ethyl adjacent to an activating group) is 1. The van der Waals surface area contributed by atoms with Crippen LogP contribution in [-0.2, 0) is 10.0 Å². The SMILES string of the molecule is CCCN(CCN(C)C)S(=O)(=O)c1cc(Br)cc(N)c1C. The second kappa shape index (κ2) is 7.58. The average Bonchev–Trinajstić information content (AvgIpc) is 2.38. The van der Waals surface area contributed by atoms with Gasteiger partial charge < -0.3 is 10.6 Å². The van der Waals surface area contributed by atoms with Crippen molar-refractivity contribution in [3.05, 3.63) is 22.2 Å². The summed E-state index contributed by atoms with van der Waals surface area (Å²) in [5.74, 6) is 0. The zero-order valence-corrected chi connectivity index (χ0v) is 15.5. The number of anilines is 1. The third kappa shape index (κ3) is 4.67. The van der Waals surface area contributed by atoms with Gasteiger partial charge in [0.2, 0.25) is 10.0 Å². The molecule has 0 saturated heterocycles. The number of rotatable bonds is 7. The first kappa shape index (κ1) is 18.4. The number of benzene rings is 1. The number of nitrogens with zero attached hydrogens (tertiary/aromatic N) is 2. The van der Waals surface area contributed by atoms with Crippen molar-refractivity contribution in [2.75, 3.05) is 39.5 Å². The Bertz CT molecular complexity index is 588. The van der Waals surface area contributed by atoms with Gasteiger partial charge in [-0.05, 0) is 45.1 Å². The van der Waals surface area contributed by atoms with Crippen LogP contribution in [0.3, 0.4) is 0 Å². The van der Waals surface area contributed by atoms with Gasteiger partial charge >= 0.3 is 0 Å². The Morgan fingerprint density at radius 1 is 1.19 bits per heavy atom. The number of hydrogen-bond acceptors (Lipinski definition) is 4. The molecule has 1 aromatic rings. The Balaban J connectivity index is 3.22. The first-order valence-electron chi connectivity index (χ1n) is 6.90. The van der Waals surface area contributed by atoms with Crippen molar-refractivity contribution in [1.29, 1.82) is 0 Å². The fourth-order valence-corrected chi connectivity index (χ4v) is 4.43. The van der Waals surface area contributed by atoms with Crippen LogP contribution in [0.2, 0.25) is 0 Å². The lowest BCUT2D eigenvalue weighted by Crippen LogP contribution is -2.37. The zero-order chi connectivity index (χ0) is 16.2. The van der Waals surface area contributed by atoms with Gasteiger partial charge in [0, 0.05) is 29.8 Å². The quantitative estimate of drug-likeness (QED) is 0.740. The second-order valence-corrected chi connectivity index (χ2v) is 8.15. The molecule has 0 saturated carbocycles. The lowest BCUT2D eigenvalue weighted by atomic mass is 10.2.